The molecule has 1 N–H and O–H groups in total. The van der Waals surface area contributed by atoms with Crippen molar-refractivity contribution in [2.45, 2.75) is 25.7 Å². The molecule has 0 spiro atoms. The van der Waals surface area contributed by atoms with E-state index in [9.17, 15) is 18.5 Å². The van der Waals surface area contributed by atoms with Gasteiger partial charge in [0.15, 0.2) is 6.67 Å². The van der Waals surface area contributed by atoms with Crippen molar-refractivity contribution in [3.63, 3.8) is 0 Å². The van der Waals surface area contributed by atoms with E-state index in [4.69, 9.17) is 0 Å². The van der Waals surface area contributed by atoms with Crippen molar-refractivity contribution in [2.24, 2.45) is 4.99 Å². The Labute approximate surface area is 116 Å². The number of rotatable bonds is 2. The Morgan fingerprint density at radius 3 is 2.35 bits per heavy atom. The average molecular weight is 298 g/mol. The zero-order valence-electron chi connectivity index (χ0n) is 11.2. The molecule has 2 rings (SSSR count). The maximum atomic E-state index is 12.6. The van der Waals surface area contributed by atoms with Crippen LogP contribution in [0.15, 0.2) is 22.0 Å². The molecule has 0 fully saturated rings. The summed E-state index contributed by atoms with van der Waals surface area (Å²) in [6.07, 6.45) is 0. The average Bonchev–Trinajstić information content (AvgIpc) is 2.75. The molecule has 1 aliphatic rings. The van der Waals surface area contributed by atoms with E-state index < -0.39 is 20.9 Å². The lowest BCUT2D eigenvalue weighted by Gasteiger charge is -2.16. The lowest BCUT2D eigenvalue weighted by molar-refractivity contribution is -0.360. The van der Waals surface area contributed by atoms with Gasteiger partial charge < -0.3 is 10.1 Å². The number of nitrogens with zero attached hydrogens (tertiary/aromatic N) is 3. The summed E-state index contributed by atoms with van der Waals surface area (Å²) in [5.74, 6) is -0.718. The Bertz CT molecular complexity index is 688. The first kappa shape index (κ1) is 14.4. The molecule has 1 heterocycles. The molecule has 0 saturated heterocycles. The number of guanidine groups is 1. The van der Waals surface area contributed by atoms with Gasteiger partial charge in [0, 0.05) is 0 Å². The van der Waals surface area contributed by atoms with Crippen LogP contribution in [-0.4, -0.2) is 30.4 Å². The molecule has 0 bridgehead atoms. The van der Waals surface area contributed by atoms with Gasteiger partial charge in [0.1, 0.15) is 4.90 Å². The van der Waals surface area contributed by atoms with Crippen molar-refractivity contribution in [1.82, 2.24) is 9.84 Å². The van der Waals surface area contributed by atoms with Crippen molar-refractivity contribution in [1.29, 1.82) is 0 Å². The molecule has 1 aromatic rings. The number of hydrazine groups is 1. The largest absolute Gasteiger partial charge is 0.459 e. The Kier molecular flexibility index (Phi) is 3.48. The van der Waals surface area contributed by atoms with E-state index in [2.05, 4.69) is 10.4 Å². The second kappa shape index (κ2) is 4.84. The van der Waals surface area contributed by atoms with Crippen LogP contribution in [0.2, 0.25) is 0 Å². The van der Waals surface area contributed by atoms with Gasteiger partial charge in [0.2, 0.25) is 0 Å². The molecule has 0 radical (unpaired) electrons. The molecule has 0 saturated carbocycles. The van der Waals surface area contributed by atoms with E-state index >= 15 is 0 Å². The molecule has 0 atom stereocenters. The van der Waals surface area contributed by atoms with E-state index in [0.717, 1.165) is 5.56 Å². The molecule has 0 unspecified atom stereocenters. The van der Waals surface area contributed by atoms with Gasteiger partial charge in [-0.15, -0.1) is 5.43 Å². The van der Waals surface area contributed by atoms with E-state index in [-0.39, 0.29) is 11.6 Å². The highest BCUT2D eigenvalue weighted by Crippen LogP contribution is 2.25. The van der Waals surface area contributed by atoms with Crippen LogP contribution in [-0.2, 0) is 10.0 Å². The first-order valence-corrected chi connectivity index (χ1v) is 7.24. The van der Waals surface area contributed by atoms with Gasteiger partial charge in [-0.05, 0) is 36.8 Å². The van der Waals surface area contributed by atoms with Crippen LogP contribution in [0.5, 0.6) is 0 Å². The first-order valence-electron chi connectivity index (χ1n) is 5.80. The normalized spacial score (nSPS) is 15.3. The topological polar surface area (TPSA) is 105 Å². The number of hydrogen-bond donors (Lipinski definition) is 1. The van der Waals surface area contributed by atoms with Gasteiger partial charge in [-0.3, -0.25) is 0 Å². The van der Waals surface area contributed by atoms with E-state index in [1.165, 1.54) is 0 Å². The van der Waals surface area contributed by atoms with Crippen LogP contribution < -0.4 is 5.43 Å². The lowest BCUT2D eigenvalue weighted by atomic mass is 10.1. The molecular formula is C11H14N4O4S. The van der Waals surface area contributed by atoms with Crippen LogP contribution in [0, 0.1) is 30.9 Å². The predicted octanol–water partition coefficient (Wildman–Crippen LogP) is 0.711. The fraction of sp³-hybridized carbons (Fsp3) is 0.364. The third-order valence-electron chi connectivity index (χ3n) is 2.88. The molecule has 8 nitrogen and oxygen atoms in total. The highest BCUT2D eigenvalue weighted by Gasteiger charge is 2.42. The quantitative estimate of drug-likeness (QED) is 0.639. The van der Waals surface area contributed by atoms with Gasteiger partial charge in [-0.2, -0.15) is 8.42 Å². The zero-order valence-corrected chi connectivity index (χ0v) is 12.1. The maximum Gasteiger partial charge on any atom is 0.459 e. The van der Waals surface area contributed by atoms with Gasteiger partial charge in [-0.1, -0.05) is 27.1 Å². The maximum absolute atomic E-state index is 12.6. The second-order valence-electron chi connectivity index (χ2n) is 4.53. The summed E-state index contributed by atoms with van der Waals surface area (Å²) >= 11 is 0. The van der Waals surface area contributed by atoms with Crippen LogP contribution in [0.3, 0.4) is 0 Å². The highest BCUT2D eigenvalue weighted by atomic mass is 32.2. The number of hydrogen-bond acceptors (Lipinski definition) is 6. The van der Waals surface area contributed by atoms with Crippen LogP contribution in [0.25, 0.3) is 0 Å². The molecule has 9 heteroatoms. The molecule has 1 aliphatic heterocycles. The molecule has 0 aliphatic carbocycles. The number of benzene rings is 1. The summed E-state index contributed by atoms with van der Waals surface area (Å²) in [5.41, 5.74) is 4.40. The molecule has 108 valence electrons. The van der Waals surface area contributed by atoms with E-state index in [1.807, 2.05) is 6.92 Å². The minimum absolute atomic E-state index is 0.0621. The molecule has 0 amide bonds. The third kappa shape index (κ3) is 2.25. The summed E-state index contributed by atoms with van der Waals surface area (Å²) in [4.78, 5) is 13.6. The van der Waals surface area contributed by atoms with Crippen LogP contribution in [0.1, 0.15) is 16.7 Å². The summed E-state index contributed by atoms with van der Waals surface area (Å²) in [5, 5.41) is 10.8. The van der Waals surface area contributed by atoms with Gasteiger partial charge in [0.05, 0.1) is 0 Å². The monoisotopic (exact) mass is 298 g/mol. The standard InChI is InChI=1S/C11H14N4O4S/c1-7-4-8(2)10(9(3)5-7)20(18,19)14-11(15(16)17)12-6-13-14/h4-5,13H,6H2,1-3H3. The molecule has 20 heavy (non-hydrogen) atoms. The third-order valence-corrected chi connectivity index (χ3v) is 4.82. The summed E-state index contributed by atoms with van der Waals surface area (Å²) in [6.45, 7) is 5.03. The summed E-state index contributed by atoms with van der Waals surface area (Å²) in [6, 6.07) is 3.44. The fourth-order valence-electron chi connectivity index (χ4n) is 2.29. The Morgan fingerprint density at radius 2 is 1.85 bits per heavy atom. The van der Waals surface area contributed by atoms with Gasteiger partial charge >= 0.3 is 16.0 Å². The first-order chi connectivity index (χ1) is 9.25. The Hall–Kier alpha value is -2.00. The number of sulfonamides is 1. The van der Waals surface area contributed by atoms with Crippen LogP contribution >= 0.6 is 0 Å². The summed E-state index contributed by atoms with van der Waals surface area (Å²) in [7, 11) is -4.06. The second-order valence-corrected chi connectivity index (χ2v) is 6.25. The summed E-state index contributed by atoms with van der Waals surface area (Å²) < 4.78 is 25.7. The van der Waals surface area contributed by atoms with Crippen LogP contribution in [0.4, 0.5) is 0 Å². The highest BCUT2D eigenvalue weighted by molar-refractivity contribution is 7.89. The zero-order chi connectivity index (χ0) is 15.1. The minimum Gasteiger partial charge on any atom is -0.390 e. The number of aryl methyl sites for hydroxylation is 3. The van der Waals surface area contributed by atoms with Crippen molar-refractivity contribution >= 4 is 16.0 Å². The fourth-order valence-corrected chi connectivity index (χ4v) is 3.98. The SMILES string of the molecule is Cc1cc(C)c(S(=O)(=O)N2NCN=C2[N+](=O)[O-])c(C)c1. The molecule has 0 aromatic heterocycles. The van der Waals surface area contributed by atoms with Gasteiger partial charge in [-0.25, -0.2) is 0 Å². The van der Waals surface area contributed by atoms with Crippen molar-refractivity contribution in [3.8, 4) is 0 Å². The van der Waals surface area contributed by atoms with E-state index in [1.54, 1.807) is 26.0 Å². The number of aliphatic imine (C=N–C) groups is 1. The Balaban J connectivity index is 2.58. The van der Waals surface area contributed by atoms with Crippen molar-refractivity contribution < 1.29 is 13.3 Å². The van der Waals surface area contributed by atoms with Crippen molar-refractivity contribution in [3.05, 3.63) is 38.9 Å². The number of nitro groups is 1. The minimum atomic E-state index is -4.06. The molecular weight excluding hydrogens is 284 g/mol. The number of nitrogens with one attached hydrogen (secondary N) is 1. The van der Waals surface area contributed by atoms with Gasteiger partial charge in [0.25, 0.3) is 0 Å². The molecule has 1 aromatic carbocycles. The smallest absolute Gasteiger partial charge is 0.390 e. The van der Waals surface area contributed by atoms with Crippen molar-refractivity contribution in [2.75, 3.05) is 6.67 Å². The van der Waals surface area contributed by atoms with E-state index in [0.29, 0.717) is 15.5 Å². The lowest BCUT2D eigenvalue weighted by Crippen LogP contribution is -2.45. The predicted molar refractivity (Wildman–Crippen MR) is 72.1 cm³/mol. The Morgan fingerprint density at radius 1 is 1.30 bits per heavy atom.